The largest absolute Gasteiger partial charge is 0.462 e. The molecule has 0 radical (unpaired) electrons. The first-order valence-electron chi connectivity index (χ1n) is 29.0. The number of esters is 3. The Morgan fingerprint density at radius 1 is 0.296 bits per heavy atom. The molecule has 1 atom stereocenters. The molecule has 0 saturated heterocycles. The van der Waals surface area contributed by atoms with Crippen molar-refractivity contribution in [1.82, 2.24) is 0 Å². The molecule has 0 N–H and O–H groups in total. The highest BCUT2D eigenvalue weighted by atomic mass is 16.6. The molecule has 0 spiro atoms. The van der Waals surface area contributed by atoms with E-state index in [1.54, 1.807) is 0 Å². The molecule has 0 rings (SSSR count). The molecule has 6 nitrogen and oxygen atoms in total. The molecule has 0 aromatic rings. The maximum Gasteiger partial charge on any atom is 0.306 e. The van der Waals surface area contributed by atoms with E-state index in [9.17, 15) is 14.4 Å². The second-order valence-corrected chi connectivity index (χ2v) is 18.8. The van der Waals surface area contributed by atoms with Crippen LogP contribution in [0, 0.1) is 0 Å². The second kappa shape index (κ2) is 58.4. The molecule has 71 heavy (non-hydrogen) atoms. The molecule has 0 bridgehead atoms. The Balaban J connectivity index is 4.05. The number of rotatable bonds is 51. The molecular weight excluding hydrogens is 877 g/mol. The van der Waals surface area contributed by atoms with Crippen LogP contribution in [0.5, 0.6) is 0 Å². The van der Waals surface area contributed by atoms with Gasteiger partial charge in [-0.2, -0.15) is 0 Å². The summed E-state index contributed by atoms with van der Waals surface area (Å²) < 4.78 is 16.7. The number of hydrogen-bond acceptors (Lipinski definition) is 6. The van der Waals surface area contributed by atoms with Crippen molar-refractivity contribution in [3.8, 4) is 0 Å². The van der Waals surface area contributed by atoms with Crippen LogP contribution in [0.4, 0.5) is 0 Å². The number of hydrogen-bond donors (Lipinski definition) is 0. The molecule has 0 fully saturated rings. The van der Waals surface area contributed by atoms with Crippen LogP contribution in [0.15, 0.2) is 122 Å². The van der Waals surface area contributed by atoms with Gasteiger partial charge in [0.05, 0.1) is 0 Å². The van der Waals surface area contributed by atoms with Crippen LogP contribution < -0.4 is 0 Å². The van der Waals surface area contributed by atoms with E-state index < -0.39 is 6.10 Å². The van der Waals surface area contributed by atoms with E-state index >= 15 is 0 Å². The Labute approximate surface area is 437 Å². The second-order valence-electron chi connectivity index (χ2n) is 18.8. The molecule has 0 heterocycles. The first kappa shape index (κ1) is 66.8. The lowest BCUT2D eigenvalue weighted by Crippen LogP contribution is -2.30. The Bertz CT molecular complexity index is 1500. The smallest absolute Gasteiger partial charge is 0.306 e. The highest BCUT2D eigenvalue weighted by molar-refractivity contribution is 5.71. The summed E-state index contributed by atoms with van der Waals surface area (Å²) >= 11 is 0. The van der Waals surface area contributed by atoms with Crippen LogP contribution in [-0.2, 0) is 28.6 Å². The van der Waals surface area contributed by atoms with E-state index in [0.29, 0.717) is 19.3 Å². The highest BCUT2D eigenvalue weighted by Crippen LogP contribution is 2.15. The van der Waals surface area contributed by atoms with E-state index in [1.165, 1.54) is 64.2 Å². The molecular formula is C65H106O6. The summed E-state index contributed by atoms with van der Waals surface area (Å²) in [7, 11) is 0. The first-order valence-corrected chi connectivity index (χ1v) is 29.0. The fraction of sp³-hybridized carbons (Fsp3) is 0.646. The summed E-state index contributed by atoms with van der Waals surface area (Å²) in [5, 5.41) is 0. The van der Waals surface area contributed by atoms with Gasteiger partial charge in [0.2, 0.25) is 0 Å². The molecule has 0 aromatic carbocycles. The quantitative estimate of drug-likeness (QED) is 0.0261. The zero-order valence-corrected chi connectivity index (χ0v) is 45.9. The normalized spacial score (nSPS) is 13.0. The van der Waals surface area contributed by atoms with Crippen molar-refractivity contribution in [2.75, 3.05) is 13.2 Å². The predicted molar refractivity (Wildman–Crippen MR) is 306 cm³/mol. The molecule has 402 valence electrons. The van der Waals surface area contributed by atoms with Crippen LogP contribution in [-0.4, -0.2) is 37.2 Å². The average Bonchev–Trinajstić information content (AvgIpc) is 3.37. The van der Waals surface area contributed by atoms with Gasteiger partial charge in [0.15, 0.2) is 6.10 Å². The molecule has 6 heteroatoms. The molecule has 0 aliphatic rings. The Morgan fingerprint density at radius 3 is 0.859 bits per heavy atom. The van der Waals surface area contributed by atoms with Crippen LogP contribution in [0.2, 0.25) is 0 Å². The third kappa shape index (κ3) is 56.6. The lowest BCUT2D eigenvalue weighted by atomic mass is 10.0. The number of carbonyl (C=O) groups is 3. The number of carbonyl (C=O) groups excluding carboxylic acids is 3. The lowest BCUT2D eigenvalue weighted by Gasteiger charge is -2.18. The summed E-state index contributed by atoms with van der Waals surface area (Å²) in [6, 6.07) is 0. The molecule has 0 aliphatic carbocycles. The van der Waals surface area contributed by atoms with Gasteiger partial charge < -0.3 is 14.2 Å². The van der Waals surface area contributed by atoms with Gasteiger partial charge in [-0.15, -0.1) is 0 Å². The zero-order chi connectivity index (χ0) is 51.4. The fourth-order valence-electron chi connectivity index (χ4n) is 7.67. The monoisotopic (exact) mass is 983 g/mol. The zero-order valence-electron chi connectivity index (χ0n) is 45.9. The van der Waals surface area contributed by atoms with Gasteiger partial charge in [-0.3, -0.25) is 14.4 Å². The number of unbranched alkanes of at least 4 members (excludes halogenated alkanes) is 20. The topological polar surface area (TPSA) is 78.9 Å². The minimum Gasteiger partial charge on any atom is -0.462 e. The first-order chi connectivity index (χ1) is 35.0. The SMILES string of the molecule is CC/C=C\C/C=C\C/C=C\C/C=C\C/C=C\C/C=C\C/C=C\CCCCCCCCCCCCCC(=O)OCC(COC(=O)CCCCCCC)OC(=O)CCCCCCC/C=C\C/C=C\C/C=C\CC. The van der Waals surface area contributed by atoms with Crippen molar-refractivity contribution < 1.29 is 28.6 Å². The third-order valence-corrected chi connectivity index (χ3v) is 12.0. The maximum absolute atomic E-state index is 12.7. The van der Waals surface area contributed by atoms with Gasteiger partial charge in [0.1, 0.15) is 13.2 Å². The lowest BCUT2D eigenvalue weighted by molar-refractivity contribution is -0.167. The van der Waals surface area contributed by atoms with Crippen molar-refractivity contribution in [3.05, 3.63) is 122 Å². The van der Waals surface area contributed by atoms with Crippen LogP contribution >= 0.6 is 0 Å². The summed E-state index contributed by atoms with van der Waals surface area (Å²) in [5.74, 6) is -0.925. The standard InChI is InChI=1S/C65H106O6/c1-4-7-10-13-15-17-19-21-23-24-25-26-27-28-29-30-31-32-33-34-35-36-37-38-39-40-42-43-45-47-49-52-55-58-64(67)70-61-62(60-69-63(66)57-54-51-12-9-6-3)71-65(68)59-56-53-50-48-46-44-41-22-20-18-16-14-11-8-5-2/h7-8,10-11,15-18,21-23,25-26,28-29,31-32,34-35,41,62H,4-6,9,12-14,19-20,24,27,30,33,36-40,42-61H2,1-3H3/b10-7-,11-8-,17-15-,18-16-,23-21-,26-25-,29-28-,32-31-,35-34-,41-22-. The molecule has 0 aliphatic heterocycles. The van der Waals surface area contributed by atoms with Crippen molar-refractivity contribution in [2.45, 2.75) is 258 Å². The Morgan fingerprint density at radius 2 is 0.549 bits per heavy atom. The van der Waals surface area contributed by atoms with Crippen molar-refractivity contribution in [3.63, 3.8) is 0 Å². The van der Waals surface area contributed by atoms with Gasteiger partial charge in [0.25, 0.3) is 0 Å². The highest BCUT2D eigenvalue weighted by Gasteiger charge is 2.19. The van der Waals surface area contributed by atoms with Crippen LogP contribution in [0.25, 0.3) is 0 Å². The van der Waals surface area contributed by atoms with Crippen LogP contribution in [0.1, 0.15) is 252 Å². The van der Waals surface area contributed by atoms with Crippen molar-refractivity contribution >= 4 is 17.9 Å². The minimum absolute atomic E-state index is 0.0876. The van der Waals surface area contributed by atoms with E-state index in [2.05, 4.69) is 142 Å². The molecule has 0 amide bonds. The van der Waals surface area contributed by atoms with Gasteiger partial charge in [-0.1, -0.05) is 245 Å². The summed E-state index contributed by atoms with van der Waals surface area (Å²) in [6.45, 7) is 6.30. The number of ether oxygens (including phenoxy) is 3. The molecule has 0 aromatic heterocycles. The predicted octanol–water partition coefficient (Wildman–Crippen LogP) is 19.6. The fourth-order valence-corrected chi connectivity index (χ4v) is 7.67. The van der Waals surface area contributed by atoms with E-state index in [-0.39, 0.29) is 31.1 Å². The molecule has 0 saturated carbocycles. The van der Waals surface area contributed by atoms with Gasteiger partial charge >= 0.3 is 17.9 Å². The van der Waals surface area contributed by atoms with Crippen molar-refractivity contribution in [1.29, 1.82) is 0 Å². The average molecular weight is 984 g/mol. The summed E-state index contributed by atoms with van der Waals surface area (Å²) in [6.07, 6.45) is 81.0. The maximum atomic E-state index is 12.7. The third-order valence-electron chi connectivity index (χ3n) is 12.0. The summed E-state index contributed by atoms with van der Waals surface area (Å²) in [4.78, 5) is 37.8. The van der Waals surface area contributed by atoms with Crippen LogP contribution in [0.3, 0.4) is 0 Å². The minimum atomic E-state index is -0.786. The van der Waals surface area contributed by atoms with Crippen molar-refractivity contribution in [2.24, 2.45) is 0 Å². The van der Waals surface area contributed by atoms with Gasteiger partial charge in [-0.25, -0.2) is 0 Å². The Hall–Kier alpha value is -4.19. The number of allylic oxidation sites excluding steroid dienone is 20. The van der Waals surface area contributed by atoms with E-state index in [0.717, 1.165) is 148 Å². The van der Waals surface area contributed by atoms with E-state index in [1.807, 2.05) is 0 Å². The van der Waals surface area contributed by atoms with Gasteiger partial charge in [0, 0.05) is 19.3 Å². The van der Waals surface area contributed by atoms with Gasteiger partial charge in [-0.05, 0) is 109 Å². The summed E-state index contributed by atoms with van der Waals surface area (Å²) in [5.41, 5.74) is 0. The molecule has 1 unspecified atom stereocenters. The Kier molecular flexibility index (Phi) is 54.9. The van der Waals surface area contributed by atoms with E-state index in [4.69, 9.17) is 14.2 Å².